The zero-order valence-corrected chi connectivity index (χ0v) is 9.75. The minimum Gasteiger partial charge on any atom is -0.249 e. The van der Waals surface area contributed by atoms with Crippen LogP contribution in [-0.2, 0) is 5.41 Å². The smallest absolute Gasteiger partial charge is 0.0981 e. The number of rotatable bonds is 0. The highest BCUT2D eigenvalue weighted by molar-refractivity contribution is 7.11. The average molecular weight is 185 g/mol. The van der Waals surface area contributed by atoms with Crippen molar-refractivity contribution in [3.63, 3.8) is 0 Å². The van der Waals surface area contributed by atoms with Gasteiger partial charge in [0.05, 0.1) is 5.01 Å². The quantitative estimate of drug-likeness (QED) is 0.599. The molecule has 1 nitrogen and oxygen atoms in total. The van der Waals surface area contributed by atoms with Crippen LogP contribution in [0.1, 0.15) is 44.5 Å². The molecule has 0 N–H and O–H groups in total. The molecule has 0 saturated heterocycles. The first-order chi connectivity index (χ1) is 5.50. The Balaban J connectivity index is 0.000000561. The van der Waals surface area contributed by atoms with Gasteiger partial charge in [-0.3, -0.25) is 0 Å². The Morgan fingerprint density at radius 1 is 1.25 bits per heavy atom. The van der Waals surface area contributed by atoms with Gasteiger partial charge in [0.2, 0.25) is 0 Å². The maximum absolute atomic E-state index is 4.31. The van der Waals surface area contributed by atoms with E-state index in [0.29, 0.717) is 0 Å². The van der Waals surface area contributed by atoms with Crippen LogP contribution in [0, 0.1) is 6.92 Å². The fraction of sp³-hybridized carbons (Fsp3) is 0.700. The van der Waals surface area contributed by atoms with Crippen LogP contribution in [0.4, 0.5) is 0 Å². The summed E-state index contributed by atoms with van der Waals surface area (Å²) >= 11 is 1.78. The van der Waals surface area contributed by atoms with Gasteiger partial charge in [0.25, 0.3) is 0 Å². The lowest BCUT2D eigenvalue weighted by Gasteiger charge is -2.13. The lowest BCUT2D eigenvalue weighted by Crippen LogP contribution is -2.09. The average Bonchev–Trinajstić information content (AvgIpc) is 2.39. The Morgan fingerprint density at radius 3 is 1.92 bits per heavy atom. The highest BCUT2D eigenvalue weighted by atomic mass is 32.1. The molecule has 70 valence electrons. The summed E-state index contributed by atoms with van der Waals surface area (Å²) in [5, 5.41) is 1.23. The Kier molecular flexibility index (Phi) is 4.46. The molecular weight excluding hydrogens is 166 g/mol. The zero-order valence-electron chi connectivity index (χ0n) is 8.93. The predicted octanol–water partition coefficient (Wildman–Crippen LogP) is 3.78. The van der Waals surface area contributed by atoms with Crippen molar-refractivity contribution < 1.29 is 0 Å². The monoisotopic (exact) mass is 185 g/mol. The van der Waals surface area contributed by atoms with E-state index in [4.69, 9.17) is 0 Å². The topological polar surface area (TPSA) is 12.9 Å². The first kappa shape index (κ1) is 11.6. The van der Waals surface area contributed by atoms with Crippen LogP contribution in [0.5, 0.6) is 0 Å². The first-order valence-corrected chi connectivity index (χ1v) is 5.25. The molecule has 1 aromatic heterocycles. The number of hydrogen-bond donors (Lipinski definition) is 0. The van der Waals surface area contributed by atoms with E-state index in [1.54, 1.807) is 11.3 Å². The number of aryl methyl sites for hydroxylation is 1. The Morgan fingerprint density at radius 2 is 1.75 bits per heavy atom. The van der Waals surface area contributed by atoms with Crippen molar-refractivity contribution in [2.45, 2.75) is 47.0 Å². The van der Waals surface area contributed by atoms with E-state index in [-0.39, 0.29) is 5.41 Å². The lowest BCUT2D eigenvalue weighted by atomic mass is 9.98. The van der Waals surface area contributed by atoms with Gasteiger partial charge in [0, 0.05) is 16.5 Å². The molecule has 0 aliphatic carbocycles. The molecule has 0 radical (unpaired) electrons. The fourth-order valence-electron chi connectivity index (χ4n) is 0.701. The third kappa shape index (κ3) is 3.35. The van der Waals surface area contributed by atoms with Gasteiger partial charge in [-0.05, 0) is 6.92 Å². The van der Waals surface area contributed by atoms with Crippen molar-refractivity contribution in [1.29, 1.82) is 0 Å². The molecule has 1 heterocycles. The number of hydrogen-bond acceptors (Lipinski definition) is 2. The van der Waals surface area contributed by atoms with Crippen LogP contribution >= 0.6 is 11.3 Å². The van der Waals surface area contributed by atoms with Crippen LogP contribution < -0.4 is 0 Å². The highest BCUT2D eigenvalue weighted by Crippen LogP contribution is 2.25. The summed E-state index contributed by atoms with van der Waals surface area (Å²) in [5.41, 5.74) is 0.221. The van der Waals surface area contributed by atoms with Crippen LogP contribution in [0.15, 0.2) is 6.20 Å². The van der Waals surface area contributed by atoms with E-state index >= 15 is 0 Å². The second kappa shape index (κ2) is 4.61. The molecule has 1 aromatic rings. The summed E-state index contributed by atoms with van der Waals surface area (Å²) in [7, 11) is 0. The molecule has 1 rings (SSSR count). The molecule has 0 aromatic carbocycles. The van der Waals surface area contributed by atoms with Crippen LogP contribution in [0.25, 0.3) is 0 Å². The summed E-state index contributed by atoms with van der Waals surface area (Å²) in [6, 6.07) is 0. The second-order valence-electron chi connectivity index (χ2n) is 3.53. The van der Waals surface area contributed by atoms with Crippen LogP contribution in [0.2, 0.25) is 0 Å². The highest BCUT2D eigenvalue weighted by Gasteiger charge is 2.16. The molecule has 0 fully saturated rings. The lowest BCUT2D eigenvalue weighted by molar-refractivity contribution is 0.585. The molecule has 12 heavy (non-hydrogen) atoms. The van der Waals surface area contributed by atoms with Gasteiger partial charge in [-0.15, -0.1) is 11.3 Å². The van der Waals surface area contributed by atoms with Crippen LogP contribution in [-0.4, -0.2) is 4.98 Å². The largest absolute Gasteiger partial charge is 0.249 e. The number of aromatic nitrogens is 1. The van der Waals surface area contributed by atoms with Gasteiger partial charge >= 0.3 is 0 Å². The zero-order chi connectivity index (χ0) is 9.78. The van der Waals surface area contributed by atoms with E-state index in [0.717, 1.165) is 0 Å². The molecule has 2 heteroatoms. The van der Waals surface area contributed by atoms with E-state index in [1.807, 2.05) is 20.0 Å². The molecule has 0 aliphatic rings. The van der Waals surface area contributed by atoms with Crippen molar-refractivity contribution in [3.8, 4) is 0 Å². The van der Waals surface area contributed by atoms with Crippen molar-refractivity contribution >= 4 is 11.3 Å². The fourth-order valence-corrected chi connectivity index (χ4v) is 1.52. The summed E-state index contributed by atoms with van der Waals surface area (Å²) < 4.78 is 0. The van der Waals surface area contributed by atoms with E-state index < -0.39 is 0 Å². The maximum atomic E-state index is 4.31. The molecule has 0 bridgehead atoms. The Hall–Kier alpha value is -0.370. The van der Waals surface area contributed by atoms with Crippen molar-refractivity contribution in [2.24, 2.45) is 0 Å². The van der Waals surface area contributed by atoms with Gasteiger partial charge in [-0.2, -0.15) is 0 Å². The van der Waals surface area contributed by atoms with Crippen LogP contribution in [0.3, 0.4) is 0 Å². The summed E-state index contributed by atoms with van der Waals surface area (Å²) in [6.07, 6.45) is 1.94. The number of nitrogens with zero attached hydrogens (tertiary/aromatic N) is 1. The van der Waals surface area contributed by atoms with Gasteiger partial charge in [0.1, 0.15) is 0 Å². The van der Waals surface area contributed by atoms with Crippen molar-refractivity contribution in [2.75, 3.05) is 0 Å². The van der Waals surface area contributed by atoms with Crippen molar-refractivity contribution in [3.05, 3.63) is 16.1 Å². The SMILES string of the molecule is CC.Cc1cnc(C(C)(C)C)s1. The predicted molar refractivity (Wildman–Crippen MR) is 56.9 cm³/mol. The maximum Gasteiger partial charge on any atom is 0.0981 e. The first-order valence-electron chi connectivity index (χ1n) is 4.43. The third-order valence-corrected chi connectivity index (χ3v) is 2.60. The Labute approximate surface area is 79.9 Å². The third-order valence-electron chi connectivity index (χ3n) is 1.26. The van der Waals surface area contributed by atoms with Gasteiger partial charge < -0.3 is 0 Å². The summed E-state index contributed by atoms with van der Waals surface area (Å²) in [5.74, 6) is 0. The van der Waals surface area contributed by atoms with Gasteiger partial charge in [-0.25, -0.2) is 4.98 Å². The van der Waals surface area contributed by atoms with Gasteiger partial charge in [-0.1, -0.05) is 34.6 Å². The second-order valence-corrected chi connectivity index (χ2v) is 4.76. The molecule has 0 amide bonds. The van der Waals surface area contributed by atoms with E-state index in [9.17, 15) is 0 Å². The molecule has 0 saturated carbocycles. The van der Waals surface area contributed by atoms with Crippen molar-refractivity contribution in [1.82, 2.24) is 4.98 Å². The molecular formula is C10H19NS. The minimum absolute atomic E-state index is 0.221. The molecule has 0 spiro atoms. The molecule has 0 unspecified atom stereocenters. The molecule has 0 atom stereocenters. The van der Waals surface area contributed by atoms with E-state index in [2.05, 4.69) is 32.7 Å². The standard InChI is InChI=1S/C8H13NS.C2H6/c1-6-5-9-7(10-6)8(2,3)4;1-2/h5H,1-4H3;1-2H3. The normalized spacial score (nSPS) is 10.5. The Bertz CT molecular complexity index is 220. The minimum atomic E-state index is 0.221. The molecule has 0 aliphatic heterocycles. The van der Waals surface area contributed by atoms with Gasteiger partial charge in [0.15, 0.2) is 0 Å². The summed E-state index contributed by atoms with van der Waals surface area (Å²) in [6.45, 7) is 12.6. The van der Waals surface area contributed by atoms with E-state index in [1.165, 1.54) is 9.88 Å². The number of thiazole rings is 1. The summed E-state index contributed by atoms with van der Waals surface area (Å²) in [4.78, 5) is 5.60.